The summed E-state index contributed by atoms with van der Waals surface area (Å²) in [6.07, 6.45) is -10.3. The molecule has 0 heterocycles. The van der Waals surface area contributed by atoms with Crippen LogP contribution in [0.5, 0.6) is 0 Å². The van der Waals surface area contributed by atoms with E-state index in [2.05, 4.69) is 0 Å². The average Bonchev–Trinajstić information content (AvgIpc) is 2.83. The molecule has 2 aromatic carbocycles. The maximum atomic E-state index is 14.6. The Hall–Kier alpha value is -2.65. The Kier molecular flexibility index (Phi) is 8.15. The average molecular weight is 594 g/mol. The van der Waals surface area contributed by atoms with Crippen molar-refractivity contribution in [2.45, 2.75) is 60.7 Å². The summed E-state index contributed by atoms with van der Waals surface area (Å²) in [5.74, 6) is -46.8. The van der Waals surface area contributed by atoms with E-state index in [-0.39, 0.29) is 0 Å². The Morgan fingerprint density at radius 1 is 0.513 bits per heavy atom. The first-order valence-electron chi connectivity index (χ1n) is 10.4. The minimum atomic E-state index is -8.33. The molecule has 0 aromatic heterocycles. The Morgan fingerprint density at radius 3 is 1.31 bits per heavy atom. The maximum Gasteiger partial charge on any atom is 0.460 e. The lowest BCUT2D eigenvalue weighted by Crippen LogP contribution is -2.72. The minimum Gasteiger partial charge on any atom is -0.374 e. The van der Waals surface area contributed by atoms with Crippen LogP contribution in [0.4, 0.5) is 65.9 Å². The van der Waals surface area contributed by atoms with Crippen molar-refractivity contribution in [1.29, 1.82) is 0 Å². The minimum absolute atomic E-state index is 0.427. The second-order valence-electron chi connectivity index (χ2n) is 8.63. The first-order chi connectivity index (χ1) is 17.3. The van der Waals surface area contributed by atoms with Gasteiger partial charge in [0.15, 0.2) is 0 Å². The zero-order chi connectivity index (χ0) is 30.5. The monoisotopic (exact) mass is 594 g/mol. The Labute approximate surface area is 210 Å². The number of benzene rings is 2. The van der Waals surface area contributed by atoms with Crippen molar-refractivity contribution in [1.82, 2.24) is 0 Å². The van der Waals surface area contributed by atoms with Gasteiger partial charge in [-0.1, -0.05) is 54.6 Å². The van der Waals surface area contributed by atoms with Gasteiger partial charge in [0.05, 0.1) is 12.0 Å². The lowest BCUT2D eigenvalue weighted by Gasteiger charge is -2.43. The van der Waals surface area contributed by atoms with Gasteiger partial charge in [0.1, 0.15) is 0 Å². The zero-order valence-corrected chi connectivity index (χ0v) is 19.5. The van der Waals surface area contributed by atoms with Gasteiger partial charge in [-0.15, -0.1) is 0 Å². The van der Waals surface area contributed by atoms with E-state index in [1.165, 1.54) is 12.1 Å². The van der Waals surface area contributed by atoms with Crippen LogP contribution in [0.25, 0.3) is 11.1 Å². The summed E-state index contributed by atoms with van der Waals surface area (Å²) in [6.45, 7) is 0.608. The summed E-state index contributed by atoms with van der Waals surface area (Å²) in [5.41, 5.74) is -2.12. The number of hydrogen-bond donors (Lipinski definition) is 0. The lowest BCUT2D eigenvalue weighted by atomic mass is 9.83. The summed E-state index contributed by atoms with van der Waals surface area (Å²) < 4.78 is 207. The molecule has 0 saturated carbocycles. The molecule has 0 N–H and O–H groups in total. The largest absolute Gasteiger partial charge is 0.460 e. The Bertz CT molecular complexity index is 1120. The fourth-order valence-corrected chi connectivity index (χ4v) is 3.47. The molecule has 0 radical (unpaired) electrons. The predicted molar refractivity (Wildman–Crippen MR) is 107 cm³/mol. The van der Waals surface area contributed by atoms with Crippen molar-refractivity contribution in [3.63, 3.8) is 0 Å². The van der Waals surface area contributed by atoms with E-state index in [9.17, 15) is 65.9 Å². The zero-order valence-electron chi connectivity index (χ0n) is 19.5. The van der Waals surface area contributed by atoms with E-state index in [0.29, 0.717) is 25.2 Å². The highest BCUT2D eigenvalue weighted by Gasteiger charge is 2.93. The van der Waals surface area contributed by atoms with E-state index in [1.54, 1.807) is 30.3 Å². The molecule has 0 saturated heterocycles. The fourth-order valence-electron chi connectivity index (χ4n) is 3.47. The summed E-state index contributed by atoms with van der Waals surface area (Å²) >= 11 is 0. The molecule has 0 fully saturated rings. The van der Waals surface area contributed by atoms with Gasteiger partial charge in [-0.05, 0) is 23.6 Å². The number of hydrogen-bond acceptors (Lipinski definition) is 1. The molecule has 2 rings (SSSR count). The number of methoxy groups -OCH3 is 1. The van der Waals surface area contributed by atoms with Crippen LogP contribution in [-0.4, -0.2) is 48.8 Å². The van der Waals surface area contributed by atoms with Gasteiger partial charge in [-0.2, -0.15) is 65.9 Å². The molecule has 0 aliphatic rings. The molecule has 0 aliphatic heterocycles. The number of alkyl halides is 15. The smallest absolute Gasteiger partial charge is 0.374 e. The second kappa shape index (κ2) is 9.77. The van der Waals surface area contributed by atoms with Crippen molar-refractivity contribution >= 4 is 0 Å². The summed E-state index contributed by atoms with van der Waals surface area (Å²) in [5, 5.41) is 0. The summed E-state index contributed by atoms with van der Waals surface area (Å²) in [6, 6.07) is 12.6. The normalized spacial score (nSPS) is 16.2. The van der Waals surface area contributed by atoms with E-state index in [4.69, 9.17) is 4.74 Å². The summed E-state index contributed by atoms with van der Waals surface area (Å²) in [7, 11) is 0.615. The lowest BCUT2D eigenvalue weighted by molar-refractivity contribution is -0.453. The van der Waals surface area contributed by atoms with Crippen LogP contribution in [0.2, 0.25) is 0 Å². The van der Waals surface area contributed by atoms with Gasteiger partial charge in [0.2, 0.25) is 0 Å². The van der Waals surface area contributed by atoms with Crippen LogP contribution in [0.3, 0.4) is 0 Å². The van der Waals surface area contributed by atoms with Crippen LogP contribution in [0.15, 0.2) is 54.6 Å². The van der Waals surface area contributed by atoms with Crippen LogP contribution < -0.4 is 0 Å². The van der Waals surface area contributed by atoms with Crippen molar-refractivity contribution in [3.8, 4) is 11.1 Å². The van der Waals surface area contributed by atoms with Crippen LogP contribution in [-0.2, 0) is 10.3 Å². The maximum absolute atomic E-state index is 14.6. The molecule has 1 unspecified atom stereocenters. The molecule has 1 nitrogen and oxygen atoms in total. The third-order valence-electron chi connectivity index (χ3n) is 6.01. The van der Waals surface area contributed by atoms with Crippen molar-refractivity contribution < 1.29 is 70.6 Å². The van der Waals surface area contributed by atoms with Gasteiger partial charge in [0, 0.05) is 7.11 Å². The van der Waals surface area contributed by atoms with Crippen molar-refractivity contribution in [2.75, 3.05) is 7.11 Å². The fraction of sp³-hybridized carbons (Fsp3) is 0.478. The first-order valence-corrected chi connectivity index (χ1v) is 10.4. The Morgan fingerprint density at radius 2 is 0.897 bits per heavy atom. The van der Waals surface area contributed by atoms with Gasteiger partial charge in [-0.25, -0.2) is 0 Å². The van der Waals surface area contributed by atoms with E-state index < -0.39 is 59.3 Å². The van der Waals surface area contributed by atoms with Crippen LogP contribution >= 0.6 is 0 Å². The molecular formula is C23H17F15O. The molecule has 220 valence electrons. The second-order valence-corrected chi connectivity index (χ2v) is 8.63. The molecule has 2 aromatic rings. The number of rotatable bonds is 10. The van der Waals surface area contributed by atoms with Gasteiger partial charge < -0.3 is 4.74 Å². The molecular weight excluding hydrogens is 577 g/mol. The molecule has 0 bridgehead atoms. The highest BCUT2D eigenvalue weighted by atomic mass is 19.4. The van der Waals surface area contributed by atoms with Crippen LogP contribution in [0.1, 0.15) is 18.9 Å². The first kappa shape index (κ1) is 32.6. The highest BCUT2D eigenvalue weighted by molar-refractivity contribution is 5.63. The molecule has 0 amide bonds. The topological polar surface area (TPSA) is 9.23 Å². The van der Waals surface area contributed by atoms with E-state index in [1.807, 2.05) is 0 Å². The molecule has 16 heteroatoms. The van der Waals surface area contributed by atoms with E-state index >= 15 is 0 Å². The third kappa shape index (κ3) is 5.04. The molecule has 39 heavy (non-hydrogen) atoms. The highest BCUT2D eigenvalue weighted by Crippen LogP contribution is 2.63. The molecule has 1 atom stereocenters. The Balaban J connectivity index is 2.50. The third-order valence-corrected chi connectivity index (χ3v) is 6.01. The van der Waals surface area contributed by atoms with Crippen molar-refractivity contribution in [3.05, 3.63) is 60.2 Å². The van der Waals surface area contributed by atoms with Gasteiger partial charge in [-0.3, -0.25) is 0 Å². The number of ether oxygens (including phenoxy) is 1. The quantitative estimate of drug-likeness (QED) is 0.250. The van der Waals surface area contributed by atoms with E-state index in [0.717, 1.165) is 12.1 Å². The van der Waals surface area contributed by atoms with Gasteiger partial charge >= 0.3 is 41.7 Å². The van der Waals surface area contributed by atoms with Crippen LogP contribution in [0, 0.1) is 0 Å². The predicted octanol–water partition coefficient (Wildman–Crippen LogP) is 8.98. The molecule has 0 aliphatic carbocycles. The standard InChI is InChI=1S/C23H17F15O/c1-16(39-2,15-10-8-14(9-11-15)13-6-4-3-5-7-13)12-17(24,25)18(26,27)19(28,29)20(30,31)21(32,33)22(34,35)23(36,37)38/h3-11H,12H2,1-2H3. The molecule has 0 spiro atoms. The van der Waals surface area contributed by atoms with Crippen molar-refractivity contribution in [2.24, 2.45) is 0 Å². The SMILES string of the molecule is COC(C)(CC(F)(F)C(F)(F)C(F)(F)C(F)(F)C(F)(F)C(F)(F)C(F)(F)F)c1ccc(-c2ccccc2)cc1. The summed E-state index contributed by atoms with van der Waals surface area (Å²) in [4.78, 5) is 0. The number of halogens is 15. The van der Waals surface area contributed by atoms with Gasteiger partial charge in [0.25, 0.3) is 0 Å².